The van der Waals surface area contributed by atoms with E-state index in [-0.39, 0.29) is 0 Å². The van der Waals surface area contributed by atoms with Gasteiger partial charge in [0, 0.05) is 11.2 Å². The van der Waals surface area contributed by atoms with Gasteiger partial charge in [-0.15, -0.1) is 10.2 Å². The summed E-state index contributed by atoms with van der Waals surface area (Å²) < 4.78 is 5.86. The van der Waals surface area contributed by atoms with Crippen molar-refractivity contribution in [2.75, 3.05) is 0 Å². The molecule has 4 heteroatoms. The molecule has 3 rings (SSSR count). The minimum absolute atomic E-state index is 0.329. The van der Waals surface area contributed by atoms with Gasteiger partial charge < -0.3 is 4.42 Å². The van der Waals surface area contributed by atoms with Crippen LogP contribution in [-0.2, 0) is 0 Å². The molecule has 1 unspecified atom stereocenters. The molecule has 1 aromatic carbocycles. The SMILES string of the molecule is CC(Sc1nnc(C2CCCCC2)o1)c1ccccc1. The van der Waals surface area contributed by atoms with Gasteiger partial charge in [0.05, 0.1) is 0 Å². The van der Waals surface area contributed by atoms with Crippen molar-refractivity contribution in [3.05, 3.63) is 41.8 Å². The first kappa shape index (κ1) is 13.7. The van der Waals surface area contributed by atoms with E-state index in [4.69, 9.17) is 4.42 Å². The van der Waals surface area contributed by atoms with Crippen LogP contribution < -0.4 is 0 Å². The Morgan fingerprint density at radius 1 is 1.10 bits per heavy atom. The number of nitrogens with zero attached hydrogens (tertiary/aromatic N) is 2. The zero-order chi connectivity index (χ0) is 13.8. The van der Waals surface area contributed by atoms with Gasteiger partial charge in [0.1, 0.15) is 0 Å². The van der Waals surface area contributed by atoms with Crippen LogP contribution in [0.15, 0.2) is 40.0 Å². The van der Waals surface area contributed by atoms with Gasteiger partial charge in [-0.3, -0.25) is 0 Å². The van der Waals surface area contributed by atoms with Gasteiger partial charge >= 0.3 is 0 Å². The third-order valence-electron chi connectivity index (χ3n) is 3.92. The Kier molecular flexibility index (Phi) is 4.41. The zero-order valence-corrected chi connectivity index (χ0v) is 12.6. The second kappa shape index (κ2) is 6.44. The molecule has 1 saturated carbocycles. The van der Waals surface area contributed by atoms with Crippen LogP contribution in [0.1, 0.15) is 61.6 Å². The first-order valence-corrected chi connectivity index (χ1v) is 8.26. The fourth-order valence-corrected chi connectivity index (χ4v) is 3.54. The maximum absolute atomic E-state index is 5.86. The van der Waals surface area contributed by atoms with E-state index < -0.39 is 0 Å². The molecule has 1 heterocycles. The van der Waals surface area contributed by atoms with Crippen molar-refractivity contribution in [1.29, 1.82) is 0 Å². The molecular weight excluding hydrogens is 268 g/mol. The van der Waals surface area contributed by atoms with Crippen molar-refractivity contribution in [3.8, 4) is 0 Å². The third-order valence-corrected chi connectivity index (χ3v) is 4.92. The summed E-state index contributed by atoms with van der Waals surface area (Å²) in [6, 6.07) is 10.4. The van der Waals surface area contributed by atoms with E-state index in [0.29, 0.717) is 16.4 Å². The molecule has 0 saturated heterocycles. The first-order valence-electron chi connectivity index (χ1n) is 7.38. The molecule has 1 aliphatic rings. The van der Waals surface area contributed by atoms with Crippen LogP contribution in [0.5, 0.6) is 0 Å². The highest BCUT2D eigenvalue weighted by molar-refractivity contribution is 7.99. The molecule has 0 spiro atoms. The van der Waals surface area contributed by atoms with Gasteiger partial charge in [-0.2, -0.15) is 0 Å². The van der Waals surface area contributed by atoms with Crippen molar-refractivity contribution in [2.45, 2.75) is 55.4 Å². The second-order valence-electron chi connectivity index (χ2n) is 5.41. The average Bonchev–Trinajstić information content (AvgIpc) is 2.97. The maximum atomic E-state index is 5.86. The molecule has 0 radical (unpaired) electrons. The fourth-order valence-electron chi connectivity index (χ4n) is 2.73. The monoisotopic (exact) mass is 288 g/mol. The van der Waals surface area contributed by atoms with Crippen LogP contribution in [0.4, 0.5) is 0 Å². The Balaban J connectivity index is 1.65. The number of rotatable bonds is 4. The highest BCUT2D eigenvalue weighted by atomic mass is 32.2. The molecule has 0 N–H and O–H groups in total. The van der Waals surface area contributed by atoms with Crippen LogP contribution in [0, 0.1) is 0 Å². The van der Waals surface area contributed by atoms with Crippen molar-refractivity contribution >= 4 is 11.8 Å². The van der Waals surface area contributed by atoms with E-state index in [0.717, 1.165) is 5.89 Å². The number of aromatic nitrogens is 2. The molecule has 1 aliphatic carbocycles. The minimum atomic E-state index is 0.329. The van der Waals surface area contributed by atoms with Gasteiger partial charge in [0.25, 0.3) is 5.22 Å². The van der Waals surface area contributed by atoms with E-state index in [9.17, 15) is 0 Å². The van der Waals surface area contributed by atoms with Crippen molar-refractivity contribution in [3.63, 3.8) is 0 Å². The Morgan fingerprint density at radius 2 is 1.85 bits per heavy atom. The molecule has 20 heavy (non-hydrogen) atoms. The number of hydrogen-bond acceptors (Lipinski definition) is 4. The van der Waals surface area contributed by atoms with Gasteiger partial charge in [-0.1, -0.05) is 61.4 Å². The summed E-state index contributed by atoms with van der Waals surface area (Å²) >= 11 is 1.64. The Bertz CT molecular complexity index is 534. The van der Waals surface area contributed by atoms with Gasteiger partial charge in [-0.25, -0.2) is 0 Å². The quantitative estimate of drug-likeness (QED) is 0.744. The van der Waals surface area contributed by atoms with Crippen LogP contribution in [0.25, 0.3) is 0 Å². The highest BCUT2D eigenvalue weighted by Gasteiger charge is 2.22. The van der Waals surface area contributed by atoms with E-state index in [1.54, 1.807) is 11.8 Å². The smallest absolute Gasteiger partial charge is 0.277 e. The van der Waals surface area contributed by atoms with Gasteiger partial charge in [0.15, 0.2) is 0 Å². The predicted octanol–water partition coefficient (Wildman–Crippen LogP) is 4.97. The van der Waals surface area contributed by atoms with E-state index in [2.05, 4.69) is 41.4 Å². The first-order chi connectivity index (χ1) is 9.83. The summed E-state index contributed by atoms with van der Waals surface area (Å²) in [6.07, 6.45) is 6.31. The van der Waals surface area contributed by atoms with Crippen LogP contribution in [-0.4, -0.2) is 10.2 Å². The largest absolute Gasteiger partial charge is 0.416 e. The average molecular weight is 288 g/mol. The molecule has 106 valence electrons. The third kappa shape index (κ3) is 3.23. The van der Waals surface area contributed by atoms with Crippen LogP contribution >= 0.6 is 11.8 Å². The van der Waals surface area contributed by atoms with Gasteiger partial charge in [-0.05, 0) is 25.3 Å². The molecule has 0 bridgehead atoms. The predicted molar refractivity (Wildman–Crippen MR) is 80.8 cm³/mol. The topological polar surface area (TPSA) is 38.9 Å². The normalized spacial score (nSPS) is 18.1. The minimum Gasteiger partial charge on any atom is -0.416 e. The molecule has 1 atom stereocenters. The van der Waals surface area contributed by atoms with Crippen LogP contribution in [0.3, 0.4) is 0 Å². The summed E-state index contributed by atoms with van der Waals surface area (Å²) in [4.78, 5) is 0. The molecule has 0 aliphatic heterocycles. The molecule has 2 aromatic rings. The Morgan fingerprint density at radius 3 is 2.60 bits per heavy atom. The maximum Gasteiger partial charge on any atom is 0.277 e. The Labute approximate surface area is 124 Å². The number of thioether (sulfide) groups is 1. The Hall–Kier alpha value is -1.29. The van der Waals surface area contributed by atoms with Crippen molar-refractivity contribution < 1.29 is 4.42 Å². The zero-order valence-electron chi connectivity index (χ0n) is 11.8. The summed E-state index contributed by atoms with van der Waals surface area (Å²) in [7, 11) is 0. The highest BCUT2D eigenvalue weighted by Crippen LogP contribution is 2.37. The standard InChI is InChI=1S/C16H20N2OS/c1-12(13-8-4-2-5-9-13)20-16-18-17-15(19-16)14-10-6-3-7-11-14/h2,4-5,8-9,12,14H,3,6-7,10-11H2,1H3. The van der Waals surface area contributed by atoms with Crippen LogP contribution in [0.2, 0.25) is 0 Å². The molecule has 1 fully saturated rings. The molecule has 0 amide bonds. The molecular formula is C16H20N2OS. The number of hydrogen-bond donors (Lipinski definition) is 0. The second-order valence-corrected chi connectivity index (χ2v) is 6.70. The fraction of sp³-hybridized carbons (Fsp3) is 0.500. The summed E-state index contributed by atoms with van der Waals surface area (Å²) in [5.41, 5.74) is 1.29. The molecule has 3 nitrogen and oxygen atoms in total. The van der Waals surface area contributed by atoms with E-state index in [1.165, 1.54) is 37.7 Å². The lowest BCUT2D eigenvalue weighted by Gasteiger charge is -2.17. The lowest BCUT2D eigenvalue weighted by molar-refractivity contribution is 0.334. The van der Waals surface area contributed by atoms with E-state index in [1.807, 2.05) is 6.07 Å². The van der Waals surface area contributed by atoms with Gasteiger partial charge in [0.2, 0.25) is 5.89 Å². The summed E-state index contributed by atoms with van der Waals surface area (Å²) in [5.74, 6) is 1.32. The summed E-state index contributed by atoms with van der Waals surface area (Å²) in [5, 5.41) is 9.48. The van der Waals surface area contributed by atoms with E-state index >= 15 is 0 Å². The molecule has 1 aromatic heterocycles. The summed E-state index contributed by atoms with van der Waals surface area (Å²) in [6.45, 7) is 2.17. The van der Waals surface area contributed by atoms with Crippen molar-refractivity contribution in [2.24, 2.45) is 0 Å². The lowest BCUT2D eigenvalue weighted by Crippen LogP contribution is -2.04. The number of benzene rings is 1. The lowest BCUT2D eigenvalue weighted by atomic mass is 9.89. The van der Waals surface area contributed by atoms with Crippen molar-refractivity contribution in [1.82, 2.24) is 10.2 Å².